The fourth-order valence-corrected chi connectivity index (χ4v) is 3.85. The van der Waals surface area contributed by atoms with Crippen LogP contribution in [0.3, 0.4) is 0 Å². The van der Waals surface area contributed by atoms with Gasteiger partial charge < -0.3 is 10.0 Å². The molecule has 0 spiro atoms. The van der Waals surface area contributed by atoms with Crippen molar-refractivity contribution >= 4 is 22.7 Å². The van der Waals surface area contributed by atoms with E-state index in [4.69, 9.17) is 10.7 Å². The molecule has 2 N–H and O–H groups in total. The lowest BCUT2D eigenvalue weighted by Crippen LogP contribution is -2.34. The first-order valence-corrected chi connectivity index (χ1v) is 9.55. The number of benzene rings is 1. The van der Waals surface area contributed by atoms with E-state index in [0.29, 0.717) is 27.9 Å². The summed E-state index contributed by atoms with van der Waals surface area (Å²) in [5.41, 5.74) is 2.85. The van der Waals surface area contributed by atoms with Crippen molar-refractivity contribution in [2.45, 2.75) is 33.2 Å². The molecule has 26 heavy (non-hydrogen) atoms. The van der Waals surface area contributed by atoms with Crippen LogP contribution in [0.5, 0.6) is 0 Å². The summed E-state index contributed by atoms with van der Waals surface area (Å²) in [4.78, 5) is 6.57. The molecular formula is C20H22N4OS. The fourth-order valence-electron chi connectivity index (χ4n) is 2.97. The molecule has 2 aromatic rings. The molecule has 0 aliphatic carbocycles. The maximum Gasteiger partial charge on any atom is 0.135 e. The molecule has 0 bridgehead atoms. The normalized spacial score (nSPS) is 17.3. The van der Waals surface area contributed by atoms with Crippen LogP contribution in [0.4, 0.5) is 0 Å². The zero-order chi connectivity index (χ0) is 18.8. The van der Waals surface area contributed by atoms with Gasteiger partial charge in [-0.3, -0.25) is 5.41 Å². The van der Waals surface area contributed by atoms with Crippen LogP contribution >= 0.6 is 11.3 Å². The number of aromatic nitrogens is 1. The molecule has 5 nitrogen and oxygen atoms in total. The molecule has 0 unspecified atom stereocenters. The number of nitrogens with zero attached hydrogens (tertiary/aromatic N) is 3. The lowest BCUT2D eigenvalue weighted by atomic mass is 10.1. The smallest absolute Gasteiger partial charge is 0.135 e. The zero-order valence-electron chi connectivity index (χ0n) is 15.2. The van der Waals surface area contributed by atoms with Crippen molar-refractivity contribution in [3.8, 4) is 17.3 Å². The average Bonchev–Trinajstić information content (AvgIpc) is 3.18. The van der Waals surface area contributed by atoms with Crippen LogP contribution < -0.4 is 0 Å². The molecule has 1 atom stereocenters. The van der Waals surface area contributed by atoms with Crippen molar-refractivity contribution in [3.05, 3.63) is 46.0 Å². The average molecular weight is 366 g/mol. The molecular weight excluding hydrogens is 344 g/mol. The van der Waals surface area contributed by atoms with Crippen LogP contribution in [-0.2, 0) is 0 Å². The van der Waals surface area contributed by atoms with E-state index >= 15 is 0 Å². The van der Waals surface area contributed by atoms with Crippen molar-refractivity contribution in [1.29, 1.82) is 10.7 Å². The highest BCUT2D eigenvalue weighted by molar-refractivity contribution is 7.11. The Bertz CT molecular complexity index is 889. The molecule has 3 rings (SSSR count). The van der Waals surface area contributed by atoms with Gasteiger partial charge in [-0.2, -0.15) is 5.26 Å². The van der Waals surface area contributed by atoms with Crippen molar-refractivity contribution in [2.24, 2.45) is 5.92 Å². The van der Waals surface area contributed by atoms with E-state index in [-0.39, 0.29) is 11.8 Å². The molecule has 1 aliphatic heterocycles. The number of thiazole rings is 1. The molecule has 6 heteroatoms. The van der Waals surface area contributed by atoms with Crippen molar-refractivity contribution < 1.29 is 5.11 Å². The van der Waals surface area contributed by atoms with Gasteiger partial charge in [0.1, 0.15) is 16.6 Å². The maximum atomic E-state index is 10.6. The molecule has 1 aromatic heterocycles. The summed E-state index contributed by atoms with van der Waals surface area (Å²) in [5.74, 6) is 1.11. The first-order valence-electron chi connectivity index (χ1n) is 8.67. The molecule has 0 saturated carbocycles. The van der Waals surface area contributed by atoms with Crippen molar-refractivity contribution in [2.75, 3.05) is 6.54 Å². The first kappa shape index (κ1) is 18.2. The van der Waals surface area contributed by atoms with E-state index in [9.17, 15) is 5.11 Å². The quantitative estimate of drug-likeness (QED) is 0.805. The highest BCUT2D eigenvalue weighted by Crippen LogP contribution is 2.35. The fraction of sp³-hybridized carbons (Fsp3) is 0.350. The number of aliphatic hydroxyl groups is 1. The molecule has 134 valence electrons. The first-order chi connectivity index (χ1) is 12.4. The van der Waals surface area contributed by atoms with Crippen molar-refractivity contribution in [3.63, 3.8) is 0 Å². The van der Waals surface area contributed by atoms with Gasteiger partial charge in [0.15, 0.2) is 0 Å². The van der Waals surface area contributed by atoms with Gasteiger partial charge in [0.05, 0.1) is 28.9 Å². The van der Waals surface area contributed by atoms with Gasteiger partial charge in [-0.05, 0) is 31.4 Å². The Morgan fingerprint density at radius 3 is 2.65 bits per heavy atom. The van der Waals surface area contributed by atoms with Gasteiger partial charge in [-0.25, -0.2) is 4.98 Å². The second-order valence-electron chi connectivity index (χ2n) is 6.89. The number of nitrogens with one attached hydrogen (secondary N) is 1. The minimum Gasteiger partial charge on any atom is -0.509 e. The van der Waals surface area contributed by atoms with Crippen LogP contribution in [0.1, 0.15) is 37.8 Å². The van der Waals surface area contributed by atoms with Crippen LogP contribution in [-0.4, -0.2) is 33.4 Å². The van der Waals surface area contributed by atoms with Gasteiger partial charge in [0, 0.05) is 17.5 Å². The minimum absolute atomic E-state index is 0.196. The van der Waals surface area contributed by atoms with Crippen LogP contribution in [0.15, 0.2) is 35.4 Å². The predicted octanol–water partition coefficient (Wildman–Crippen LogP) is 4.68. The number of amidine groups is 1. The molecule has 1 aromatic carbocycles. The summed E-state index contributed by atoms with van der Waals surface area (Å²) in [6.45, 7) is 6.98. The minimum atomic E-state index is -0.196. The largest absolute Gasteiger partial charge is 0.509 e. The second kappa shape index (κ2) is 7.30. The van der Waals surface area contributed by atoms with Gasteiger partial charge in [0.2, 0.25) is 0 Å². The standard InChI is InChI=1S/C20H22N4OS/c1-12(2)8-9-24-13(3)18(25)17(19(24)22)20-23-16(11-26-20)15-6-4-14(10-21)5-7-15/h4-7,11-13,22,25H,8-9H2,1-3H3/t13-/m1/s1. The van der Waals surface area contributed by atoms with Gasteiger partial charge in [-0.1, -0.05) is 26.0 Å². The topological polar surface area (TPSA) is 84.0 Å². The van der Waals surface area contributed by atoms with Crippen molar-refractivity contribution in [1.82, 2.24) is 9.88 Å². The SMILES string of the molecule is CC(C)CCN1C(=N)C(c2nc(-c3ccc(C#N)cc3)cs2)=C(O)[C@H]1C. The molecule has 0 saturated heterocycles. The monoisotopic (exact) mass is 366 g/mol. The molecule has 1 aliphatic rings. The van der Waals surface area contributed by atoms with E-state index in [1.54, 1.807) is 12.1 Å². The Morgan fingerprint density at radius 2 is 2.04 bits per heavy atom. The lowest BCUT2D eigenvalue weighted by molar-refractivity contribution is 0.275. The Labute approximate surface area is 157 Å². The van der Waals surface area contributed by atoms with E-state index in [1.165, 1.54) is 11.3 Å². The van der Waals surface area contributed by atoms with E-state index in [0.717, 1.165) is 24.2 Å². The van der Waals surface area contributed by atoms with Gasteiger partial charge in [0.25, 0.3) is 0 Å². The third-order valence-corrected chi connectivity index (χ3v) is 5.48. The maximum absolute atomic E-state index is 10.6. The summed E-state index contributed by atoms with van der Waals surface area (Å²) in [5, 5.41) is 30.6. The molecule has 2 heterocycles. The van der Waals surface area contributed by atoms with Crippen LogP contribution in [0.2, 0.25) is 0 Å². The number of hydrogen-bond donors (Lipinski definition) is 2. The van der Waals surface area contributed by atoms with Gasteiger partial charge in [-0.15, -0.1) is 11.3 Å². The number of hydrogen-bond acceptors (Lipinski definition) is 5. The van der Waals surface area contributed by atoms with E-state index < -0.39 is 0 Å². The lowest BCUT2D eigenvalue weighted by Gasteiger charge is -2.24. The summed E-state index contributed by atoms with van der Waals surface area (Å²) in [7, 11) is 0. The number of nitriles is 1. The second-order valence-corrected chi connectivity index (χ2v) is 7.75. The zero-order valence-corrected chi connectivity index (χ0v) is 16.0. The third-order valence-electron chi connectivity index (χ3n) is 4.62. The number of rotatable bonds is 5. The Kier molecular flexibility index (Phi) is 5.10. The van der Waals surface area contributed by atoms with E-state index in [1.807, 2.05) is 29.3 Å². The number of aliphatic hydroxyl groups excluding tert-OH is 1. The van der Waals surface area contributed by atoms with Crippen LogP contribution in [0, 0.1) is 22.7 Å². The third kappa shape index (κ3) is 3.35. The Hall–Kier alpha value is -2.65. The summed E-state index contributed by atoms with van der Waals surface area (Å²) < 4.78 is 0. The predicted molar refractivity (Wildman–Crippen MR) is 105 cm³/mol. The van der Waals surface area contributed by atoms with E-state index in [2.05, 4.69) is 24.9 Å². The molecule has 0 fully saturated rings. The molecule has 0 radical (unpaired) electrons. The highest BCUT2D eigenvalue weighted by Gasteiger charge is 2.35. The summed E-state index contributed by atoms with van der Waals surface area (Å²) in [6.07, 6.45) is 0.974. The summed E-state index contributed by atoms with van der Waals surface area (Å²) >= 11 is 1.43. The van der Waals surface area contributed by atoms with Gasteiger partial charge >= 0.3 is 0 Å². The van der Waals surface area contributed by atoms with Crippen LogP contribution in [0.25, 0.3) is 16.8 Å². The summed E-state index contributed by atoms with van der Waals surface area (Å²) in [6, 6.07) is 9.16. The Balaban J connectivity index is 1.86. The Morgan fingerprint density at radius 1 is 1.35 bits per heavy atom. The molecule has 0 amide bonds. The highest BCUT2D eigenvalue weighted by atomic mass is 32.1.